The van der Waals surface area contributed by atoms with Gasteiger partial charge in [0, 0.05) is 18.1 Å². The first kappa shape index (κ1) is 17.8. The number of aliphatic hydroxyl groups excluding tert-OH is 1. The molecule has 6 nitrogen and oxygen atoms in total. The van der Waals surface area contributed by atoms with E-state index >= 15 is 0 Å². The Kier molecular flexibility index (Phi) is 6.42. The highest BCUT2D eigenvalue weighted by atomic mass is 16.7. The van der Waals surface area contributed by atoms with Gasteiger partial charge in [0.1, 0.15) is 0 Å². The van der Waals surface area contributed by atoms with E-state index in [0.29, 0.717) is 25.4 Å². The van der Waals surface area contributed by atoms with Crippen molar-refractivity contribution in [1.82, 2.24) is 5.06 Å². The smallest absolute Gasteiger partial charge is 0.0868 e. The van der Waals surface area contributed by atoms with Crippen LogP contribution in [-0.4, -0.2) is 35.0 Å². The van der Waals surface area contributed by atoms with Crippen LogP contribution in [0, 0.1) is 5.92 Å². The second kappa shape index (κ2) is 8.31. The van der Waals surface area contributed by atoms with Crippen LogP contribution in [0.5, 0.6) is 0 Å². The molecular weight excluding hydrogens is 292 g/mol. The predicted molar refractivity (Wildman–Crippen MR) is 89.4 cm³/mol. The average molecular weight is 318 g/mol. The molecule has 0 amide bonds. The van der Waals surface area contributed by atoms with E-state index < -0.39 is 0 Å². The maximum absolute atomic E-state index is 9.59. The zero-order chi connectivity index (χ0) is 16.7. The Hall–Kier alpha value is -1.59. The van der Waals surface area contributed by atoms with E-state index in [9.17, 15) is 5.11 Å². The maximum Gasteiger partial charge on any atom is 0.0868 e. The van der Waals surface area contributed by atoms with E-state index in [1.165, 1.54) is 5.56 Å². The van der Waals surface area contributed by atoms with Crippen molar-refractivity contribution in [2.75, 3.05) is 13.2 Å². The fraction of sp³-hybridized carbons (Fsp3) is 0.647. The number of nitrogens with zero attached hydrogens (tertiary/aromatic N) is 4. The van der Waals surface area contributed by atoms with Crippen molar-refractivity contribution in [3.05, 3.63) is 46.3 Å². The van der Waals surface area contributed by atoms with Gasteiger partial charge in [0.05, 0.1) is 18.2 Å². The van der Waals surface area contributed by atoms with Crippen molar-refractivity contribution < 1.29 is 9.94 Å². The lowest BCUT2D eigenvalue weighted by molar-refractivity contribution is -0.199. The minimum Gasteiger partial charge on any atom is -0.396 e. The van der Waals surface area contributed by atoms with Crippen LogP contribution in [-0.2, 0) is 11.4 Å². The van der Waals surface area contributed by atoms with Gasteiger partial charge >= 0.3 is 0 Å². The molecule has 1 heterocycles. The summed E-state index contributed by atoms with van der Waals surface area (Å²) in [6.45, 7) is 5.48. The largest absolute Gasteiger partial charge is 0.396 e. The van der Waals surface area contributed by atoms with Gasteiger partial charge in [-0.15, -0.1) is 0 Å². The molecule has 1 unspecified atom stereocenters. The summed E-state index contributed by atoms with van der Waals surface area (Å²) >= 11 is 0. The molecule has 0 saturated carbocycles. The third-order valence-corrected chi connectivity index (χ3v) is 4.30. The molecule has 0 spiro atoms. The van der Waals surface area contributed by atoms with Gasteiger partial charge in [0.2, 0.25) is 0 Å². The molecule has 1 fully saturated rings. The predicted octanol–water partition coefficient (Wildman–Crippen LogP) is 3.67. The number of rotatable bonds is 8. The zero-order valence-electron chi connectivity index (χ0n) is 13.9. The molecule has 2 rings (SSSR count). The molecule has 1 aromatic carbocycles. The Morgan fingerprint density at radius 3 is 2.78 bits per heavy atom. The lowest BCUT2D eigenvalue weighted by Gasteiger charge is -2.37. The quantitative estimate of drug-likeness (QED) is 0.451. The summed E-state index contributed by atoms with van der Waals surface area (Å²) in [6, 6.07) is 10.2. The van der Waals surface area contributed by atoms with Crippen molar-refractivity contribution in [2.24, 2.45) is 11.0 Å². The standard InChI is InChI=1S/C17H26N4O2/c1-14(2)10-17(8-9-22)11-16(12-19-20-18)23-21(17)13-15-6-4-3-5-7-15/h3-7,14,16,22H,8-13H2,1-2H3/t16-,17?/m1/s1. The van der Waals surface area contributed by atoms with E-state index in [-0.39, 0.29) is 18.2 Å². The Morgan fingerprint density at radius 2 is 2.17 bits per heavy atom. The van der Waals surface area contributed by atoms with Gasteiger partial charge in [0.25, 0.3) is 0 Å². The van der Waals surface area contributed by atoms with Crippen molar-refractivity contribution in [3.8, 4) is 0 Å². The average Bonchev–Trinajstić information content (AvgIpc) is 2.83. The first-order chi connectivity index (χ1) is 11.1. The molecule has 23 heavy (non-hydrogen) atoms. The summed E-state index contributed by atoms with van der Waals surface area (Å²) in [4.78, 5) is 8.93. The maximum atomic E-state index is 9.59. The van der Waals surface area contributed by atoms with Gasteiger partial charge in [-0.3, -0.25) is 4.84 Å². The van der Waals surface area contributed by atoms with E-state index in [4.69, 9.17) is 10.4 Å². The summed E-state index contributed by atoms with van der Waals surface area (Å²) in [5.74, 6) is 0.488. The number of benzene rings is 1. The highest BCUT2D eigenvalue weighted by Crippen LogP contribution is 2.40. The minimum atomic E-state index is -0.214. The summed E-state index contributed by atoms with van der Waals surface area (Å²) in [5.41, 5.74) is 9.51. The fourth-order valence-corrected chi connectivity index (χ4v) is 3.52. The van der Waals surface area contributed by atoms with Crippen LogP contribution >= 0.6 is 0 Å². The lowest BCUT2D eigenvalue weighted by atomic mass is 9.81. The van der Waals surface area contributed by atoms with Crippen LogP contribution in [0.3, 0.4) is 0 Å². The van der Waals surface area contributed by atoms with Crippen molar-refractivity contribution >= 4 is 0 Å². The van der Waals surface area contributed by atoms with E-state index in [2.05, 4.69) is 36.0 Å². The van der Waals surface area contributed by atoms with E-state index in [1.54, 1.807) is 0 Å². The van der Waals surface area contributed by atoms with Gasteiger partial charge < -0.3 is 5.11 Å². The van der Waals surface area contributed by atoms with Gasteiger partial charge in [0.15, 0.2) is 0 Å². The fourth-order valence-electron chi connectivity index (χ4n) is 3.52. The molecule has 0 radical (unpaired) electrons. The third kappa shape index (κ3) is 4.69. The number of hydrogen-bond acceptors (Lipinski definition) is 4. The molecule has 1 saturated heterocycles. The molecular formula is C17H26N4O2. The topological polar surface area (TPSA) is 81.5 Å². The van der Waals surface area contributed by atoms with Crippen molar-refractivity contribution in [3.63, 3.8) is 0 Å². The Bertz CT molecular complexity index is 531. The molecule has 1 aliphatic rings. The van der Waals surface area contributed by atoms with Gasteiger partial charge in [-0.2, -0.15) is 5.06 Å². The number of aliphatic hydroxyl groups is 1. The Labute approximate surface area is 137 Å². The molecule has 1 aromatic rings. The van der Waals surface area contributed by atoms with Crippen LogP contribution in [0.2, 0.25) is 0 Å². The van der Waals surface area contributed by atoms with E-state index in [1.807, 2.05) is 23.3 Å². The van der Waals surface area contributed by atoms with Crippen molar-refractivity contribution in [2.45, 2.75) is 51.3 Å². The highest BCUT2D eigenvalue weighted by molar-refractivity contribution is 5.15. The minimum absolute atomic E-state index is 0.121. The van der Waals surface area contributed by atoms with Gasteiger partial charge in [-0.1, -0.05) is 49.3 Å². The second-order valence-corrected chi connectivity index (χ2v) is 6.66. The second-order valence-electron chi connectivity index (χ2n) is 6.66. The normalized spacial score (nSPS) is 24.8. The van der Waals surface area contributed by atoms with E-state index in [0.717, 1.165) is 12.8 Å². The molecule has 1 N–H and O–H groups in total. The molecule has 0 aliphatic carbocycles. The monoisotopic (exact) mass is 318 g/mol. The molecule has 2 atom stereocenters. The van der Waals surface area contributed by atoms with Crippen LogP contribution in [0.25, 0.3) is 10.4 Å². The molecule has 0 bridgehead atoms. The van der Waals surface area contributed by atoms with Crippen LogP contribution in [0.15, 0.2) is 35.4 Å². The summed E-state index contributed by atoms with van der Waals surface area (Å²) in [6.07, 6.45) is 2.25. The highest BCUT2D eigenvalue weighted by Gasteiger charge is 2.46. The first-order valence-electron chi connectivity index (χ1n) is 8.19. The number of azide groups is 1. The molecule has 6 heteroatoms. The lowest BCUT2D eigenvalue weighted by Crippen LogP contribution is -2.44. The zero-order valence-corrected chi connectivity index (χ0v) is 13.9. The molecule has 126 valence electrons. The van der Waals surface area contributed by atoms with Gasteiger partial charge in [-0.05, 0) is 36.3 Å². The summed E-state index contributed by atoms with van der Waals surface area (Å²) < 4.78 is 0. The molecule has 0 aromatic heterocycles. The summed E-state index contributed by atoms with van der Waals surface area (Å²) in [5, 5.41) is 15.3. The number of hydroxylamine groups is 2. The van der Waals surface area contributed by atoms with Crippen LogP contribution in [0.1, 0.15) is 38.7 Å². The number of hydrogen-bond donors (Lipinski definition) is 1. The third-order valence-electron chi connectivity index (χ3n) is 4.30. The molecule has 1 aliphatic heterocycles. The van der Waals surface area contributed by atoms with Crippen LogP contribution < -0.4 is 0 Å². The Balaban J connectivity index is 2.22. The first-order valence-corrected chi connectivity index (χ1v) is 8.19. The van der Waals surface area contributed by atoms with Gasteiger partial charge in [-0.25, -0.2) is 0 Å². The Morgan fingerprint density at radius 1 is 1.43 bits per heavy atom. The van der Waals surface area contributed by atoms with Crippen LogP contribution in [0.4, 0.5) is 0 Å². The summed E-state index contributed by atoms with van der Waals surface area (Å²) in [7, 11) is 0. The SMILES string of the molecule is CC(C)CC1(CCO)C[C@H](CN=[N+]=[N-])ON1Cc1ccccc1. The van der Waals surface area contributed by atoms with Crippen molar-refractivity contribution in [1.29, 1.82) is 0 Å².